The summed E-state index contributed by atoms with van der Waals surface area (Å²) in [6.45, 7) is 10.3. The first kappa shape index (κ1) is 16.2. The Bertz CT molecular complexity index is 422. The van der Waals surface area contributed by atoms with Gasteiger partial charge in [0.25, 0.3) is 0 Å². The Morgan fingerprint density at radius 3 is 3.10 bits per heavy atom. The van der Waals surface area contributed by atoms with Crippen molar-refractivity contribution in [3.8, 4) is 0 Å². The molecule has 1 atom stereocenters. The second kappa shape index (κ2) is 8.35. The van der Waals surface area contributed by atoms with Crippen LogP contribution in [0.15, 0.2) is 18.3 Å². The second-order valence-corrected chi connectivity index (χ2v) is 6.10. The molecule has 1 aliphatic heterocycles. The molecule has 1 aromatic rings. The maximum absolute atomic E-state index is 5.94. The van der Waals surface area contributed by atoms with Crippen molar-refractivity contribution >= 4 is 5.82 Å². The van der Waals surface area contributed by atoms with Crippen molar-refractivity contribution < 1.29 is 4.74 Å². The number of hydrogen-bond donors (Lipinski definition) is 1. The summed E-state index contributed by atoms with van der Waals surface area (Å²) in [6, 6.07) is 4.68. The van der Waals surface area contributed by atoms with Crippen molar-refractivity contribution in [3.63, 3.8) is 0 Å². The van der Waals surface area contributed by atoms with E-state index in [1.807, 2.05) is 12.3 Å². The van der Waals surface area contributed by atoms with Crippen LogP contribution in [-0.4, -0.2) is 36.8 Å². The Hall–Kier alpha value is -1.13. The van der Waals surface area contributed by atoms with Crippen LogP contribution in [0.5, 0.6) is 0 Å². The lowest BCUT2D eigenvalue weighted by Crippen LogP contribution is -2.41. The predicted molar refractivity (Wildman–Crippen MR) is 87.7 cm³/mol. The first-order chi connectivity index (χ1) is 10.2. The average Bonchev–Trinajstić information content (AvgIpc) is 2.51. The van der Waals surface area contributed by atoms with Gasteiger partial charge in [0.2, 0.25) is 0 Å². The van der Waals surface area contributed by atoms with Gasteiger partial charge in [0.15, 0.2) is 0 Å². The third-order valence-corrected chi connectivity index (χ3v) is 3.80. The number of aromatic nitrogens is 1. The molecule has 4 nitrogen and oxygen atoms in total. The minimum Gasteiger partial charge on any atom is -0.376 e. The lowest BCUT2D eigenvalue weighted by Gasteiger charge is -2.34. The molecule has 21 heavy (non-hydrogen) atoms. The van der Waals surface area contributed by atoms with Gasteiger partial charge in [0.1, 0.15) is 5.82 Å². The van der Waals surface area contributed by atoms with Gasteiger partial charge in [-0.1, -0.05) is 26.8 Å². The second-order valence-electron chi connectivity index (χ2n) is 6.10. The van der Waals surface area contributed by atoms with Gasteiger partial charge in [-0.25, -0.2) is 4.98 Å². The van der Waals surface area contributed by atoms with Gasteiger partial charge in [-0.15, -0.1) is 0 Å². The Balaban J connectivity index is 2.02. The minimum atomic E-state index is 0.353. The molecule has 2 rings (SSSR count). The zero-order valence-electron chi connectivity index (χ0n) is 13.6. The highest BCUT2D eigenvalue weighted by atomic mass is 16.5. The van der Waals surface area contributed by atoms with E-state index >= 15 is 0 Å². The van der Waals surface area contributed by atoms with E-state index in [2.05, 4.69) is 42.0 Å². The summed E-state index contributed by atoms with van der Waals surface area (Å²) in [7, 11) is 0. The van der Waals surface area contributed by atoms with E-state index in [9.17, 15) is 0 Å². The highest BCUT2D eigenvalue weighted by Crippen LogP contribution is 2.23. The highest BCUT2D eigenvalue weighted by molar-refractivity contribution is 5.47. The highest BCUT2D eigenvalue weighted by Gasteiger charge is 2.22. The molecule has 0 spiro atoms. The molecule has 4 heteroatoms. The molecular weight excluding hydrogens is 262 g/mol. The molecule has 1 N–H and O–H groups in total. The number of hydrogen-bond acceptors (Lipinski definition) is 4. The largest absolute Gasteiger partial charge is 0.376 e. The van der Waals surface area contributed by atoms with Crippen LogP contribution < -0.4 is 10.2 Å². The van der Waals surface area contributed by atoms with Crippen LogP contribution in [0, 0.1) is 0 Å². The van der Waals surface area contributed by atoms with Crippen LogP contribution in [0.3, 0.4) is 0 Å². The summed E-state index contributed by atoms with van der Waals surface area (Å²) in [6.07, 6.45) is 5.69. The quantitative estimate of drug-likeness (QED) is 0.838. The Morgan fingerprint density at radius 2 is 2.33 bits per heavy atom. The minimum absolute atomic E-state index is 0.353. The van der Waals surface area contributed by atoms with Crippen molar-refractivity contribution in [1.29, 1.82) is 0 Å². The molecule has 118 valence electrons. The number of rotatable bonds is 7. The zero-order valence-corrected chi connectivity index (χ0v) is 13.6. The molecule has 2 heterocycles. The average molecular weight is 291 g/mol. The van der Waals surface area contributed by atoms with Crippen molar-refractivity contribution in [1.82, 2.24) is 10.3 Å². The number of ether oxygens (including phenoxy) is 1. The molecule has 0 saturated carbocycles. The van der Waals surface area contributed by atoms with Crippen LogP contribution in [-0.2, 0) is 11.3 Å². The first-order valence-corrected chi connectivity index (χ1v) is 8.24. The smallest absolute Gasteiger partial charge is 0.133 e. The fraction of sp³-hybridized carbons (Fsp3) is 0.706. The monoisotopic (exact) mass is 291 g/mol. The van der Waals surface area contributed by atoms with Gasteiger partial charge in [0, 0.05) is 44.0 Å². The molecule has 1 saturated heterocycles. The standard InChI is InChI=1S/C17H29N3O/c1-4-11-21-16-8-6-10-20(13-16)17-15(7-5-9-18-17)12-19-14(2)3/h5,7,9,14,16,19H,4,6,8,10-13H2,1-3H3. The van der Waals surface area contributed by atoms with E-state index in [-0.39, 0.29) is 0 Å². The summed E-state index contributed by atoms with van der Waals surface area (Å²) >= 11 is 0. The zero-order chi connectivity index (χ0) is 15.1. The van der Waals surface area contributed by atoms with E-state index in [1.165, 1.54) is 18.4 Å². The van der Waals surface area contributed by atoms with E-state index in [0.29, 0.717) is 12.1 Å². The van der Waals surface area contributed by atoms with E-state index in [1.54, 1.807) is 0 Å². The molecular formula is C17H29N3O. The van der Waals surface area contributed by atoms with Gasteiger partial charge in [-0.3, -0.25) is 0 Å². The van der Waals surface area contributed by atoms with Crippen LogP contribution in [0.1, 0.15) is 45.6 Å². The Kier molecular flexibility index (Phi) is 6.46. The maximum Gasteiger partial charge on any atom is 0.133 e. The van der Waals surface area contributed by atoms with E-state index in [4.69, 9.17) is 4.74 Å². The molecule has 1 aromatic heterocycles. The number of piperidine rings is 1. The van der Waals surface area contributed by atoms with Gasteiger partial charge < -0.3 is 15.0 Å². The molecule has 1 fully saturated rings. The number of pyridine rings is 1. The molecule has 0 aromatic carbocycles. The maximum atomic E-state index is 5.94. The predicted octanol–water partition coefficient (Wildman–Crippen LogP) is 2.98. The fourth-order valence-corrected chi connectivity index (χ4v) is 2.72. The normalized spacial score (nSPS) is 19.2. The van der Waals surface area contributed by atoms with Crippen LogP contribution in [0.4, 0.5) is 5.82 Å². The third-order valence-electron chi connectivity index (χ3n) is 3.80. The van der Waals surface area contributed by atoms with Crippen LogP contribution in [0.2, 0.25) is 0 Å². The molecule has 1 aliphatic rings. The summed E-state index contributed by atoms with van der Waals surface area (Å²) < 4.78 is 5.94. The lowest BCUT2D eigenvalue weighted by atomic mass is 10.1. The van der Waals surface area contributed by atoms with E-state index in [0.717, 1.165) is 38.5 Å². The van der Waals surface area contributed by atoms with Gasteiger partial charge in [-0.05, 0) is 25.3 Å². The van der Waals surface area contributed by atoms with Gasteiger partial charge in [0.05, 0.1) is 6.10 Å². The fourth-order valence-electron chi connectivity index (χ4n) is 2.72. The molecule has 0 radical (unpaired) electrons. The lowest BCUT2D eigenvalue weighted by molar-refractivity contribution is 0.0439. The Labute approximate surface area is 128 Å². The molecule has 1 unspecified atom stereocenters. The summed E-state index contributed by atoms with van der Waals surface area (Å²) in [5.41, 5.74) is 1.28. The first-order valence-electron chi connectivity index (χ1n) is 8.24. The van der Waals surface area contributed by atoms with Crippen molar-refractivity contribution in [2.24, 2.45) is 0 Å². The van der Waals surface area contributed by atoms with Crippen molar-refractivity contribution in [2.75, 3.05) is 24.6 Å². The SMILES string of the molecule is CCCOC1CCCN(c2ncccc2CNC(C)C)C1. The van der Waals surface area contributed by atoms with Crippen LogP contribution in [0.25, 0.3) is 0 Å². The number of nitrogens with zero attached hydrogens (tertiary/aromatic N) is 2. The summed E-state index contributed by atoms with van der Waals surface area (Å²) in [5, 5.41) is 3.49. The van der Waals surface area contributed by atoms with Crippen molar-refractivity contribution in [2.45, 2.75) is 58.7 Å². The van der Waals surface area contributed by atoms with Gasteiger partial charge >= 0.3 is 0 Å². The third kappa shape index (κ3) is 4.97. The molecule has 0 amide bonds. The number of nitrogens with one attached hydrogen (secondary N) is 1. The van der Waals surface area contributed by atoms with Crippen molar-refractivity contribution in [3.05, 3.63) is 23.9 Å². The summed E-state index contributed by atoms with van der Waals surface area (Å²) in [5.74, 6) is 1.12. The topological polar surface area (TPSA) is 37.4 Å². The number of anilines is 1. The van der Waals surface area contributed by atoms with E-state index < -0.39 is 0 Å². The molecule has 0 aliphatic carbocycles. The van der Waals surface area contributed by atoms with Gasteiger partial charge in [-0.2, -0.15) is 0 Å². The molecule has 0 bridgehead atoms. The summed E-state index contributed by atoms with van der Waals surface area (Å²) in [4.78, 5) is 7.02. The Morgan fingerprint density at radius 1 is 1.48 bits per heavy atom. The van der Waals surface area contributed by atoms with Crippen LogP contribution >= 0.6 is 0 Å².